The molecular formula is C47H27NS. The van der Waals surface area contributed by atoms with Crippen molar-refractivity contribution in [1.29, 1.82) is 5.26 Å². The number of rotatable bonds is 3. The molecule has 0 saturated carbocycles. The van der Waals surface area contributed by atoms with Gasteiger partial charge in [0.2, 0.25) is 0 Å². The van der Waals surface area contributed by atoms with Gasteiger partial charge in [0, 0.05) is 36.5 Å². The molecule has 0 unspecified atom stereocenters. The van der Waals surface area contributed by atoms with Crippen LogP contribution in [0.15, 0.2) is 164 Å². The van der Waals surface area contributed by atoms with Crippen molar-refractivity contribution in [1.82, 2.24) is 0 Å². The third-order valence-corrected chi connectivity index (χ3v) is 11.3. The Kier molecular flexibility index (Phi) is 6.18. The van der Waals surface area contributed by atoms with Gasteiger partial charge in [0.15, 0.2) is 0 Å². The second-order valence-electron chi connectivity index (χ2n) is 12.7. The summed E-state index contributed by atoms with van der Waals surface area (Å²) in [5.41, 5.74) is 8.14. The average Bonchev–Trinajstić information content (AvgIpc) is 3.54. The van der Waals surface area contributed by atoms with E-state index in [9.17, 15) is 5.26 Å². The van der Waals surface area contributed by atoms with Gasteiger partial charge in [-0.15, -0.1) is 11.3 Å². The van der Waals surface area contributed by atoms with Crippen LogP contribution in [0, 0.1) is 11.3 Å². The van der Waals surface area contributed by atoms with Crippen molar-refractivity contribution in [3.8, 4) is 39.4 Å². The Morgan fingerprint density at radius 1 is 0.367 bits per heavy atom. The number of hydrogen-bond donors (Lipinski definition) is 0. The van der Waals surface area contributed by atoms with Crippen LogP contribution in [0.3, 0.4) is 0 Å². The summed E-state index contributed by atoms with van der Waals surface area (Å²) in [6.07, 6.45) is 0. The molecule has 0 saturated heterocycles. The Balaban J connectivity index is 1.27. The van der Waals surface area contributed by atoms with Gasteiger partial charge in [0.05, 0.1) is 5.56 Å². The highest BCUT2D eigenvalue weighted by Crippen LogP contribution is 2.48. The predicted octanol–water partition coefficient (Wildman–Crippen LogP) is 13.5. The normalized spacial score (nSPS) is 11.7. The summed E-state index contributed by atoms with van der Waals surface area (Å²) in [5.74, 6) is 0. The van der Waals surface area contributed by atoms with Crippen molar-refractivity contribution in [3.05, 3.63) is 169 Å². The van der Waals surface area contributed by atoms with Gasteiger partial charge in [-0.2, -0.15) is 5.26 Å². The number of nitriles is 1. The van der Waals surface area contributed by atoms with Crippen LogP contribution < -0.4 is 0 Å². The van der Waals surface area contributed by atoms with Crippen molar-refractivity contribution >= 4 is 74.6 Å². The monoisotopic (exact) mass is 637 g/mol. The van der Waals surface area contributed by atoms with E-state index in [1.54, 1.807) is 0 Å². The molecule has 1 nitrogen and oxygen atoms in total. The van der Waals surface area contributed by atoms with Gasteiger partial charge in [0.25, 0.3) is 0 Å². The number of nitrogens with zero attached hydrogens (tertiary/aromatic N) is 1. The van der Waals surface area contributed by atoms with Gasteiger partial charge in [-0.05, 0) is 72.3 Å². The van der Waals surface area contributed by atoms with Crippen molar-refractivity contribution in [2.24, 2.45) is 0 Å². The first-order valence-corrected chi connectivity index (χ1v) is 17.4. The van der Waals surface area contributed by atoms with Gasteiger partial charge in [0.1, 0.15) is 6.07 Å². The molecule has 0 aliphatic carbocycles. The Hall–Kier alpha value is -6.27. The molecule has 0 aliphatic heterocycles. The Bertz CT molecular complexity index is 2880. The molecule has 49 heavy (non-hydrogen) atoms. The van der Waals surface area contributed by atoms with Crippen molar-refractivity contribution in [2.75, 3.05) is 0 Å². The van der Waals surface area contributed by atoms with E-state index in [0.29, 0.717) is 0 Å². The van der Waals surface area contributed by atoms with Gasteiger partial charge < -0.3 is 0 Å². The van der Waals surface area contributed by atoms with Crippen LogP contribution in [0.4, 0.5) is 0 Å². The molecule has 1 aromatic heterocycles. The number of hydrogen-bond acceptors (Lipinski definition) is 2. The molecular weight excluding hydrogens is 611 g/mol. The lowest BCUT2D eigenvalue weighted by molar-refractivity contribution is 1.51. The number of fused-ring (bicyclic) bond motifs is 7. The fourth-order valence-electron chi connectivity index (χ4n) is 8.05. The number of thiophene rings is 1. The van der Waals surface area contributed by atoms with Crippen LogP contribution in [-0.2, 0) is 0 Å². The minimum atomic E-state index is 0.736. The molecule has 0 amide bonds. The summed E-state index contributed by atoms with van der Waals surface area (Å²) < 4.78 is 2.56. The highest BCUT2D eigenvalue weighted by atomic mass is 32.1. The molecule has 9 aromatic carbocycles. The van der Waals surface area contributed by atoms with Gasteiger partial charge >= 0.3 is 0 Å². The number of benzene rings is 9. The summed E-state index contributed by atoms with van der Waals surface area (Å²) in [7, 11) is 0. The first-order chi connectivity index (χ1) is 24.3. The smallest absolute Gasteiger partial charge is 0.100 e. The molecule has 0 fully saturated rings. The Morgan fingerprint density at radius 2 is 0.837 bits per heavy atom. The largest absolute Gasteiger partial charge is 0.192 e. The average molecular weight is 638 g/mol. The van der Waals surface area contributed by atoms with Crippen LogP contribution in [-0.4, -0.2) is 0 Å². The minimum absolute atomic E-state index is 0.736. The third-order valence-electron chi connectivity index (χ3n) is 10.1. The lowest BCUT2D eigenvalue weighted by Gasteiger charge is -2.18. The molecule has 0 radical (unpaired) electrons. The topological polar surface area (TPSA) is 23.8 Å². The fourth-order valence-corrected chi connectivity index (χ4v) is 9.25. The van der Waals surface area contributed by atoms with Crippen LogP contribution >= 0.6 is 11.3 Å². The zero-order valence-electron chi connectivity index (χ0n) is 26.4. The SMILES string of the molecule is N#Cc1c2ccccc2c(-c2ccc3sc4c(-c5c6ccccc6c(-c6ccccc6)c6ccccc56)cccc4c3c2)c2ccccc12. The van der Waals surface area contributed by atoms with E-state index in [4.69, 9.17) is 0 Å². The summed E-state index contributed by atoms with van der Waals surface area (Å²) in [4.78, 5) is 0. The van der Waals surface area contributed by atoms with Crippen molar-refractivity contribution in [2.45, 2.75) is 0 Å². The van der Waals surface area contributed by atoms with E-state index in [1.165, 1.54) is 69.5 Å². The molecule has 0 N–H and O–H groups in total. The van der Waals surface area contributed by atoms with Crippen molar-refractivity contribution in [3.63, 3.8) is 0 Å². The zero-order valence-corrected chi connectivity index (χ0v) is 27.3. The maximum absolute atomic E-state index is 10.2. The standard InChI is InChI=1S/C47H27NS/c48-28-42-31-15-4-6-17-33(31)45(34-18-7-5-16-32(34)42)30-25-26-43-41(27-30)39-23-12-24-40(47(39)49-43)46-37-21-10-8-19-35(37)44(29-13-2-1-3-14-29)36-20-9-11-22-38(36)46/h1-27H. The van der Waals surface area contributed by atoms with E-state index < -0.39 is 0 Å². The molecule has 0 bridgehead atoms. The van der Waals surface area contributed by atoms with Crippen LogP contribution in [0.2, 0.25) is 0 Å². The maximum atomic E-state index is 10.2. The molecule has 2 heteroatoms. The van der Waals surface area contributed by atoms with Gasteiger partial charge in [-0.3, -0.25) is 0 Å². The molecule has 1 heterocycles. The van der Waals surface area contributed by atoms with Gasteiger partial charge in [-0.1, -0.05) is 152 Å². The van der Waals surface area contributed by atoms with Crippen LogP contribution in [0.5, 0.6) is 0 Å². The molecule has 0 aliphatic rings. The van der Waals surface area contributed by atoms with Crippen molar-refractivity contribution < 1.29 is 0 Å². The Labute approximate surface area is 287 Å². The predicted molar refractivity (Wildman–Crippen MR) is 210 cm³/mol. The van der Waals surface area contributed by atoms with E-state index in [2.05, 4.69) is 158 Å². The lowest BCUT2D eigenvalue weighted by atomic mass is 9.85. The first kappa shape index (κ1) is 27.8. The minimum Gasteiger partial charge on any atom is -0.192 e. The summed E-state index contributed by atoms with van der Waals surface area (Å²) >= 11 is 1.87. The maximum Gasteiger partial charge on any atom is 0.100 e. The molecule has 226 valence electrons. The van der Waals surface area contributed by atoms with Crippen LogP contribution in [0.1, 0.15) is 5.56 Å². The zero-order chi connectivity index (χ0) is 32.5. The van der Waals surface area contributed by atoms with E-state index in [1.807, 2.05) is 23.5 Å². The summed E-state index contributed by atoms with van der Waals surface area (Å²) in [5, 5.41) is 22.0. The molecule has 10 rings (SSSR count). The highest BCUT2D eigenvalue weighted by molar-refractivity contribution is 7.26. The van der Waals surface area contributed by atoms with E-state index in [0.717, 1.165) is 32.7 Å². The first-order valence-electron chi connectivity index (χ1n) is 16.6. The molecule has 0 spiro atoms. The third kappa shape index (κ3) is 4.10. The molecule has 0 atom stereocenters. The fraction of sp³-hybridized carbons (Fsp3) is 0. The van der Waals surface area contributed by atoms with E-state index in [-0.39, 0.29) is 0 Å². The Morgan fingerprint density at radius 3 is 1.41 bits per heavy atom. The highest BCUT2D eigenvalue weighted by Gasteiger charge is 2.20. The second-order valence-corrected chi connectivity index (χ2v) is 13.7. The second kappa shape index (κ2) is 10.9. The summed E-state index contributed by atoms with van der Waals surface area (Å²) in [6.45, 7) is 0. The van der Waals surface area contributed by atoms with Crippen LogP contribution in [0.25, 0.3) is 96.6 Å². The van der Waals surface area contributed by atoms with Gasteiger partial charge in [-0.25, -0.2) is 0 Å². The lowest BCUT2D eigenvalue weighted by Crippen LogP contribution is -1.90. The quantitative estimate of drug-likeness (QED) is 0.177. The van der Waals surface area contributed by atoms with E-state index >= 15 is 0 Å². The summed E-state index contributed by atoms with van der Waals surface area (Å²) in [6, 6.07) is 61.4. The molecule has 10 aromatic rings.